The molecule has 1 aromatic heterocycles. The second kappa shape index (κ2) is 7.34. The van der Waals surface area contributed by atoms with Gasteiger partial charge >= 0.3 is 0 Å². The smallest absolute Gasteiger partial charge is 0.258 e. The van der Waals surface area contributed by atoms with Crippen LogP contribution in [-0.2, 0) is 11.3 Å². The molecule has 1 saturated heterocycles. The molecule has 1 aromatic carbocycles. The number of allylic oxidation sites excluding steroid dienone is 1. The summed E-state index contributed by atoms with van der Waals surface area (Å²) in [5, 5.41) is 10.3. The van der Waals surface area contributed by atoms with Crippen molar-refractivity contribution < 1.29 is 9.47 Å². The fourth-order valence-corrected chi connectivity index (χ4v) is 4.02. The van der Waals surface area contributed by atoms with E-state index in [2.05, 4.69) is 6.07 Å². The van der Waals surface area contributed by atoms with Crippen molar-refractivity contribution in [3.63, 3.8) is 0 Å². The van der Waals surface area contributed by atoms with Crippen molar-refractivity contribution in [3.8, 4) is 11.8 Å². The Kier molecular flexibility index (Phi) is 4.88. The lowest BCUT2D eigenvalue weighted by Gasteiger charge is -2.27. The molecule has 0 bridgehead atoms. The minimum Gasteiger partial charge on any atom is -0.440 e. The van der Waals surface area contributed by atoms with E-state index in [-0.39, 0.29) is 23.1 Å². The second-order valence-electron chi connectivity index (χ2n) is 7.09. The van der Waals surface area contributed by atoms with Crippen molar-refractivity contribution in [2.24, 2.45) is 5.73 Å². The minimum absolute atomic E-state index is 0.0176. The van der Waals surface area contributed by atoms with E-state index in [9.17, 15) is 10.1 Å². The number of aromatic nitrogens is 1. The van der Waals surface area contributed by atoms with Gasteiger partial charge in [0.1, 0.15) is 17.4 Å². The summed E-state index contributed by atoms with van der Waals surface area (Å²) in [4.78, 5) is 13.5. The van der Waals surface area contributed by atoms with Crippen LogP contribution in [0.25, 0.3) is 0 Å². The Morgan fingerprint density at radius 2 is 2.11 bits per heavy atom. The summed E-state index contributed by atoms with van der Waals surface area (Å²) < 4.78 is 13.1. The highest BCUT2D eigenvalue weighted by atomic mass is 35.5. The van der Waals surface area contributed by atoms with Gasteiger partial charge in [-0.3, -0.25) is 4.79 Å². The second-order valence-corrected chi connectivity index (χ2v) is 7.53. The van der Waals surface area contributed by atoms with E-state index < -0.39 is 5.92 Å². The highest BCUT2D eigenvalue weighted by Gasteiger charge is 2.34. The lowest BCUT2D eigenvalue weighted by molar-refractivity contribution is 0.0955. The molecule has 3 heterocycles. The Bertz CT molecular complexity index is 1040. The molecule has 7 heteroatoms. The quantitative estimate of drug-likeness (QED) is 0.858. The van der Waals surface area contributed by atoms with Crippen molar-refractivity contribution >= 4 is 11.6 Å². The van der Waals surface area contributed by atoms with Gasteiger partial charge in [-0.1, -0.05) is 23.7 Å². The van der Waals surface area contributed by atoms with Crippen molar-refractivity contribution in [1.29, 1.82) is 5.26 Å². The summed E-state index contributed by atoms with van der Waals surface area (Å²) in [6.45, 7) is 3.06. The van der Waals surface area contributed by atoms with E-state index >= 15 is 0 Å². The van der Waals surface area contributed by atoms with Crippen LogP contribution in [0.3, 0.4) is 0 Å². The third kappa shape index (κ3) is 3.17. The van der Waals surface area contributed by atoms with Crippen LogP contribution >= 0.6 is 11.6 Å². The molecule has 144 valence electrons. The summed E-state index contributed by atoms with van der Waals surface area (Å²) in [7, 11) is 0. The number of rotatable bonds is 3. The summed E-state index contributed by atoms with van der Waals surface area (Å²) in [5.41, 5.74) is 7.99. The maximum absolute atomic E-state index is 13.5. The Hall–Kier alpha value is -2.75. The zero-order chi connectivity index (χ0) is 19.8. The molecule has 0 spiro atoms. The van der Waals surface area contributed by atoms with Crippen LogP contribution in [0.2, 0.25) is 5.02 Å². The number of ether oxygens (including phenoxy) is 2. The van der Waals surface area contributed by atoms with Crippen molar-refractivity contribution in [3.05, 3.63) is 74.0 Å². The number of nitrogens with zero attached hydrogens (tertiary/aromatic N) is 2. The number of fused-ring (bicyclic) bond motifs is 1. The van der Waals surface area contributed by atoms with Crippen molar-refractivity contribution in [1.82, 2.24) is 4.57 Å². The summed E-state index contributed by atoms with van der Waals surface area (Å²) >= 11 is 6.02. The molecular weight excluding hydrogens is 378 g/mol. The first-order chi connectivity index (χ1) is 13.5. The van der Waals surface area contributed by atoms with Crippen LogP contribution in [0.1, 0.15) is 35.6 Å². The molecule has 2 unspecified atom stereocenters. The molecule has 0 saturated carbocycles. The number of hydrogen-bond acceptors (Lipinski definition) is 5. The van der Waals surface area contributed by atoms with E-state index in [1.165, 1.54) is 0 Å². The molecule has 2 aliphatic rings. The molecule has 0 amide bonds. The molecule has 0 radical (unpaired) electrons. The third-order valence-electron chi connectivity index (χ3n) is 5.30. The molecular formula is C21H20ClN3O3. The Labute approximate surface area is 167 Å². The standard InChI is InChI=1S/C21H20ClN3O3/c1-12-9-17-19(21(26)25(12)11-15-3-2-8-27-15)18(16(10-23)20(24)28-17)13-4-6-14(22)7-5-13/h4-7,9,15,18H,2-3,8,11,24H2,1H3. The van der Waals surface area contributed by atoms with Gasteiger partial charge in [0.25, 0.3) is 5.56 Å². The third-order valence-corrected chi connectivity index (χ3v) is 5.56. The Balaban J connectivity index is 1.89. The SMILES string of the molecule is Cc1cc2c(c(=O)n1CC1CCCO1)C(c1ccc(Cl)cc1)C(C#N)=C(N)O2. The van der Waals surface area contributed by atoms with E-state index in [0.29, 0.717) is 22.9 Å². The number of benzene rings is 1. The maximum Gasteiger partial charge on any atom is 0.258 e. The number of nitrogens with two attached hydrogens (primary N) is 1. The predicted octanol–water partition coefficient (Wildman–Crippen LogP) is 3.21. The first-order valence-corrected chi connectivity index (χ1v) is 9.56. The van der Waals surface area contributed by atoms with Crippen molar-refractivity contribution in [2.75, 3.05) is 6.61 Å². The maximum atomic E-state index is 13.5. The van der Waals surface area contributed by atoms with E-state index in [4.69, 9.17) is 26.8 Å². The number of pyridine rings is 1. The molecule has 0 aliphatic carbocycles. The highest BCUT2D eigenvalue weighted by molar-refractivity contribution is 6.30. The van der Waals surface area contributed by atoms with Gasteiger partial charge < -0.3 is 19.8 Å². The van der Waals surface area contributed by atoms with Crippen molar-refractivity contribution in [2.45, 2.75) is 38.3 Å². The van der Waals surface area contributed by atoms with E-state index in [1.807, 2.05) is 6.92 Å². The van der Waals surface area contributed by atoms with Gasteiger partial charge in [0.2, 0.25) is 5.88 Å². The van der Waals surface area contributed by atoms with Gasteiger partial charge in [0, 0.05) is 23.4 Å². The molecule has 2 N–H and O–H groups in total. The largest absolute Gasteiger partial charge is 0.440 e. The average Bonchev–Trinajstić information content (AvgIpc) is 3.18. The van der Waals surface area contributed by atoms with Gasteiger partial charge in [0.15, 0.2) is 0 Å². The van der Waals surface area contributed by atoms with Gasteiger partial charge in [-0.2, -0.15) is 5.26 Å². The zero-order valence-electron chi connectivity index (χ0n) is 15.4. The summed E-state index contributed by atoms with van der Waals surface area (Å²) in [5.74, 6) is -0.192. The van der Waals surface area contributed by atoms with E-state index in [0.717, 1.165) is 30.7 Å². The van der Waals surface area contributed by atoms with Crippen LogP contribution in [0.5, 0.6) is 5.75 Å². The van der Waals surface area contributed by atoms with Crippen LogP contribution < -0.4 is 16.0 Å². The fraction of sp³-hybridized carbons (Fsp3) is 0.333. The number of nitriles is 1. The first-order valence-electron chi connectivity index (χ1n) is 9.18. The zero-order valence-corrected chi connectivity index (χ0v) is 16.2. The lowest BCUT2D eigenvalue weighted by atomic mass is 9.84. The van der Waals surface area contributed by atoms with Gasteiger partial charge in [-0.15, -0.1) is 0 Å². The van der Waals surface area contributed by atoms with Gasteiger partial charge in [-0.25, -0.2) is 0 Å². The van der Waals surface area contributed by atoms with Gasteiger partial charge in [0.05, 0.1) is 24.1 Å². The topological polar surface area (TPSA) is 90.3 Å². The lowest BCUT2D eigenvalue weighted by Crippen LogP contribution is -2.35. The fourth-order valence-electron chi connectivity index (χ4n) is 3.89. The van der Waals surface area contributed by atoms with E-state index in [1.54, 1.807) is 34.9 Å². The molecule has 28 heavy (non-hydrogen) atoms. The Morgan fingerprint density at radius 3 is 2.75 bits per heavy atom. The molecule has 6 nitrogen and oxygen atoms in total. The van der Waals surface area contributed by atoms with Gasteiger partial charge in [-0.05, 0) is 37.5 Å². The van der Waals surface area contributed by atoms with Crippen LogP contribution in [0, 0.1) is 18.3 Å². The highest BCUT2D eigenvalue weighted by Crippen LogP contribution is 2.40. The molecule has 2 atom stereocenters. The molecule has 1 fully saturated rings. The monoisotopic (exact) mass is 397 g/mol. The predicted molar refractivity (Wildman–Crippen MR) is 105 cm³/mol. The summed E-state index contributed by atoms with van der Waals surface area (Å²) in [6, 6.07) is 11.0. The average molecular weight is 398 g/mol. The summed E-state index contributed by atoms with van der Waals surface area (Å²) in [6.07, 6.45) is 1.94. The minimum atomic E-state index is -0.602. The molecule has 2 aromatic rings. The van der Waals surface area contributed by atoms with Crippen LogP contribution in [0.4, 0.5) is 0 Å². The van der Waals surface area contributed by atoms with Crippen LogP contribution in [0.15, 0.2) is 46.6 Å². The molecule has 2 aliphatic heterocycles. The molecule has 4 rings (SSSR count). The Morgan fingerprint density at radius 1 is 1.36 bits per heavy atom. The number of aryl methyl sites for hydroxylation is 1. The number of halogens is 1. The first kappa shape index (κ1) is 18.6. The normalized spacial score (nSPS) is 21.2. The number of hydrogen-bond donors (Lipinski definition) is 1. The van der Waals surface area contributed by atoms with Crippen LogP contribution in [-0.4, -0.2) is 17.3 Å².